The van der Waals surface area contributed by atoms with Crippen LogP contribution in [0, 0.1) is 0 Å². The van der Waals surface area contributed by atoms with Gasteiger partial charge in [0.25, 0.3) is 0 Å². The lowest BCUT2D eigenvalue weighted by Gasteiger charge is -2.20. The Morgan fingerprint density at radius 2 is 2.24 bits per heavy atom. The Bertz CT molecular complexity index is 343. The van der Waals surface area contributed by atoms with E-state index in [1.807, 2.05) is 40.1 Å². The largest absolute Gasteiger partial charge is 0.468 e. The van der Waals surface area contributed by atoms with Crippen molar-refractivity contribution >= 4 is 5.96 Å². The highest BCUT2D eigenvalue weighted by molar-refractivity contribution is 5.78. The Morgan fingerprint density at radius 1 is 1.53 bits per heavy atom. The smallest absolute Gasteiger partial charge is 0.188 e. The molecular formula is C12H22N4O. The summed E-state index contributed by atoms with van der Waals surface area (Å²) in [5.74, 6) is 1.37. The molecule has 0 aliphatic heterocycles. The first-order valence-corrected chi connectivity index (χ1v) is 5.77. The van der Waals surface area contributed by atoms with Gasteiger partial charge in [0.05, 0.1) is 18.8 Å². The van der Waals surface area contributed by atoms with Gasteiger partial charge in [-0.25, -0.2) is 0 Å². The Kier molecular flexibility index (Phi) is 5.03. The summed E-state index contributed by atoms with van der Waals surface area (Å²) >= 11 is 0. The van der Waals surface area contributed by atoms with Crippen LogP contribution in [0.2, 0.25) is 0 Å². The van der Waals surface area contributed by atoms with E-state index >= 15 is 0 Å². The molecule has 0 aliphatic rings. The van der Waals surface area contributed by atoms with Crippen molar-refractivity contribution in [3.63, 3.8) is 0 Å². The first-order valence-electron chi connectivity index (χ1n) is 5.77. The second-order valence-corrected chi connectivity index (χ2v) is 4.52. The molecule has 0 aliphatic carbocycles. The standard InChI is InChI=1S/C12H22N4O/c1-9(2)15-12(13)14-8-10(16(3)4)11-6-5-7-17-11/h5-7,9-10H,8H2,1-4H3,(H3,13,14,15). The number of hydrogen-bond donors (Lipinski definition) is 2. The fourth-order valence-corrected chi connectivity index (χ4v) is 1.51. The van der Waals surface area contributed by atoms with Gasteiger partial charge in [-0.15, -0.1) is 0 Å². The van der Waals surface area contributed by atoms with Crippen molar-refractivity contribution in [3.8, 4) is 0 Å². The summed E-state index contributed by atoms with van der Waals surface area (Å²) in [6, 6.07) is 4.23. The predicted molar refractivity (Wildman–Crippen MR) is 69.9 cm³/mol. The first kappa shape index (κ1) is 13.6. The molecule has 5 nitrogen and oxygen atoms in total. The van der Waals surface area contributed by atoms with Gasteiger partial charge in [-0.1, -0.05) is 0 Å². The van der Waals surface area contributed by atoms with Crippen LogP contribution in [0.3, 0.4) is 0 Å². The van der Waals surface area contributed by atoms with Crippen LogP contribution in [-0.4, -0.2) is 37.5 Å². The third-order valence-electron chi connectivity index (χ3n) is 2.37. The number of furan rings is 1. The third kappa shape index (κ3) is 4.48. The molecule has 1 rings (SSSR count). The lowest BCUT2D eigenvalue weighted by atomic mass is 10.2. The zero-order valence-electron chi connectivity index (χ0n) is 11.0. The molecule has 17 heavy (non-hydrogen) atoms. The number of nitrogens with one attached hydrogen (secondary N) is 1. The monoisotopic (exact) mass is 238 g/mol. The molecule has 0 bridgehead atoms. The lowest BCUT2D eigenvalue weighted by Crippen LogP contribution is -2.37. The molecule has 0 radical (unpaired) electrons. The van der Waals surface area contributed by atoms with Crippen LogP contribution in [0.25, 0.3) is 0 Å². The molecule has 1 aromatic rings. The van der Waals surface area contributed by atoms with E-state index in [4.69, 9.17) is 10.2 Å². The molecule has 0 fully saturated rings. The molecule has 0 spiro atoms. The van der Waals surface area contributed by atoms with Crippen molar-refractivity contribution in [1.29, 1.82) is 0 Å². The van der Waals surface area contributed by atoms with E-state index < -0.39 is 0 Å². The van der Waals surface area contributed by atoms with Crippen molar-refractivity contribution in [2.75, 3.05) is 20.6 Å². The summed E-state index contributed by atoms with van der Waals surface area (Å²) in [5.41, 5.74) is 5.77. The van der Waals surface area contributed by atoms with Gasteiger partial charge in [0.15, 0.2) is 5.96 Å². The second-order valence-electron chi connectivity index (χ2n) is 4.52. The fourth-order valence-electron chi connectivity index (χ4n) is 1.51. The van der Waals surface area contributed by atoms with Gasteiger partial charge in [0.2, 0.25) is 0 Å². The molecule has 1 heterocycles. The van der Waals surface area contributed by atoms with E-state index in [1.165, 1.54) is 0 Å². The summed E-state index contributed by atoms with van der Waals surface area (Å²) in [4.78, 5) is 6.38. The molecule has 1 aromatic heterocycles. The molecule has 0 saturated heterocycles. The van der Waals surface area contributed by atoms with Crippen molar-refractivity contribution < 1.29 is 4.42 Å². The van der Waals surface area contributed by atoms with Crippen molar-refractivity contribution in [2.24, 2.45) is 10.7 Å². The number of aliphatic imine (C=N–C) groups is 1. The highest BCUT2D eigenvalue weighted by atomic mass is 16.3. The van der Waals surface area contributed by atoms with Crippen molar-refractivity contribution in [2.45, 2.75) is 25.9 Å². The quantitative estimate of drug-likeness (QED) is 0.597. The number of nitrogens with two attached hydrogens (primary N) is 1. The number of rotatable bonds is 5. The number of nitrogens with zero attached hydrogens (tertiary/aromatic N) is 2. The molecule has 3 N–H and O–H groups in total. The highest BCUT2D eigenvalue weighted by Crippen LogP contribution is 2.18. The maximum Gasteiger partial charge on any atom is 0.188 e. The average molecular weight is 238 g/mol. The number of hydrogen-bond acceptors (Lipinski definition) is 3. The summed E-state index contributed by atoms with van der Waals surface area (Å²) in [6.07, 6.45) is 1.67. The highest BCUT2D eigenvalue weighted by Gasteiger charge is 2.16. The topological polar surface area (TPSA) is 66.8 Å². The van der Waals surface area contributed by atoms with Gasteiger partial charge in [-0.2, -0.15) is 0 Å². The third-order valence-corrected chi connectivity index (χ3v) is 2.37. The SMILES string of the molecule is CC(C)NC(N)=NCC(c1ccco1)N(C)C. The van der Waals surface area contributed by atoms with Crippen molar-refractivity contribution in [3.05, 3.63) is 24.2 Å². The van der Waals surface area contributed by atoms with Gasteiger partial charge in [0, 0.05) is 6.04 Å². The van der Waals surface area contributed by atoms with Crippen LogP contribution >= 0.6 is 0 Å². The predicted octanol–water partition coefficient (Wildman–Crippen LogP) is 1.19. The Balaban J connectivity index is 2.63. The summed E-state index contributed by atoms with van der Waals surface area (Å²) in [6.45, 7) is 4.63. The van der Waals surface area contributed by atoms with E-state index in [2.05, 4.69) is 15.2 Å². The van der Waals surface area contributed by atoms with Gasteiger partial charge in [-0.3, -0.25) is 9.89 Å². The normalized spacial score (nSPS) is 14.4. The summed E-state index contributed by atoms with van der Waals surface area (Å²) < 4.78 is 5.40. The van der Waals surface area contributed by atoms with Crippen LogP contribution in [0.4, 0.5) is 0 Å². The first-order chi connectivity index (χ1) is 8.00. The molecular weight excluding hydrogens is 216 g/mol. The minimum absolute atomic E-state index is 0.109. The zero-order chi connectivity index (χ0) is 12.8. The molecule has 1 unspecified atom stereocenters. The summed E-state index contributed by atoms with van der Waals surface area (Å²) in [5, 5.41) is 3.06. The van der Waals surface area contributed by atoms with E-state index in [1.54, 1.807) is 6.26 Å². The maximum absolute atomic E-state index is 5.77. The van der Waals surface area contributed by atoms with Crippen LogP contribution in [0.15, 0.2) is 27.8 Å². The maximum atomic E-state index is 5.77. The van der Waals surface area contributed by atoms with Crippen molar-refractivity contribution in [1.82, 2.24) is 10.2 Å². The van der Waals surface area contributed by atoms with Crippen LogP contribution in [0.1, 0.15) is 25.6 Å². The van der Waals surface area contributed by atoms with Gasteiger partial charge < -0.3 is 15.5 Å². The molecule has 5 heteroatoms. The molecule has 96 valence electrons. The minimum atomic E-state index is 0.109. The van der Waals surface area contributed by atoms with Gasteiger partial charge in [-0.05, 0) is 40.1 Å². The molecule has 0 aromatic carbocycles. The second kappa shape index (κ2) is 6.30. The van der Waals surface area contributed by atoms with E-state index in [0.29, 0.717) is 18.5 Å². The van der Waals surface area contributed by atoms with Gasteiger partial charge >= 0.3 is 0 Å². The fraction of sp³-hybridized carbons (Fsp3) is 0.583. The van der Waals surface area contributed by atoms with Gasteiger partial charge in [0.1, 0.15) is 5.76 Å². The summed E-state index contributed by atoms with van der Waals surface area (Å²) in [7, 11) is 3.99. The van der Waals surface area contributed by atoms with E-state index in [-0.39, 0.29) is 6.04 Å². The van der Waals surface area contributed by atoms with E-state index in [9.17, 15) is 0 Å². The Labute approximate surface area is 103 Å². The minimum Gasteiger partial charge on any atom is -0.468 e. The lowest BCUT2D eigenvalue weighted by molar-refractivity contribution is 0.265. The number of likely N-dealkylation sites (N-methyl/N-ethyl adjacent to an activating group) is 1. The molecule has 0 amide bonds. The zero-order valence-corrected chi connectivity index (χ0v) is 11.0. The Morgan fingerprint density at radius 3 is 2.71 bits per heavy atom. The van der Waals surface area contributed by atoms with Crippen LogP contribution in [-0.2, 0) is 0 Å². The number of guanidine groups is 1. The molecule has 0 saturated carbocycles. The molecule has 1 atom stereocenters. The Hall–Kier alpha value is -1.49. The average Bonchev–Trinajstić information content (AvgIpc) is 2.69. The van der Waals surface area contributed by atoms with Crippen LogP contribution in [0.5, 0.6) is 0 Å². The van der Waals surface area contributed by atoms with E-state index in [0.717, 1.165) is 5.76 Å². The van der Waals surface area contributed by atoms with Crippen LogP contribution < -0.4 is 11.1 Å².